The van der Waals surface area contributed by atoms with Crippen molar-refractivity contribution in [2.45, 2.75) is 13.8 Å². The molecule has 2 aromatic heterocycles. The van der Waals surface area contributed by atoms with Crippen molar-refractivity contribution in [3.8, 4) is 22.8 Å². The maximum absolute atomic E-state index is 12.5. The van der Waals surface area contributed by atoms with Gasteiger partial charge in [0.25, 0.3) is 0 Å². The number of nitrogens with zero attached hydrogens (tertiary/aromatic N) is 6. The summed E-state index contributed by atoms with van der Waals surface area (Å²) in [6.07, 6.45) is 3.45. The minimum absolute atomic E-state index is 0.180. The number of benzene rings is 2. The molecule has 11 nitrogen and oxygen atoms in total. The standard InChI is InChI=1S/C32H39N7O4/c1-5-37(6-2)11-12-39(25-17-26(41-3)20-27(18-25)42-4)24-8-9-28-29(19-24)35-30(22-33-28)23-7-10-31(34-21-23)36-32(40)38-13-15-43-16-14-38/h7-10,17-22H,5-6,11-16H2,1-4H3,(H,34,36,40). The van der Waals surface area contributed by atoms with E-state index in [1.165, 1.54) is 0 Å². The summed E-state index contributed by atoms with van der Waals surface area (Å²) in [4.78, 5) is 33.0. The van der Waals surface area contributed by atoms with Gasteiger partial charge in [0.1, 0.15) is 17.3 Å². The Labute approximate surface area is 252 Å². The van der Waals surface area contributed by atoms with E-state index in [9.17, 15) is 4.79 Å². The highest BCUT2D eigenvalue weighted by molar-refractivity contribution is 5.88. The largest absolute Gasteiger partial charge is 0.497 e. The summed E-state index contributed by atoms with van der Waals surface area (Å²) in [7, 11) is 3.32. The highest BCUT2D eigenvalue weighted by atomic mass is 16.5. The van der Waals surface area contributed by atoms with Gasteiger partial charge < -0.3 is 28.9 Å². The lowest BCUT2D eigenvalue weighted by atomic mass is 10.1. The number of carbonyl (C=O) groups is 1. The average molecular weight is 586 g/mol. The Morgan fingerprint density at radius 3 is 2.28 bits per heavy atom. The zero-order chi connectivity index (χ0) is 30.2. The van der Waals surface area contributed by atoms with Crippen LogP contribution in [0.5, 0.6) is 11.5 Å². The maximum atomic E-state index is 12.5. The van der Waals surface area contributed by atoms with Crippen molar-refractivity contribution in [1.29, 1.82) is 0 Å². The molecule has 0 unspecified atom stereocenters. The number of morpholine rings is 1. The summed E-state index contributed by atoms with van der Waals surface area (Å²) in [5.74, 6) is 1.93. The van der Waals surface area contributed by atoms with Crippen molar-refractivity contribution < 1.29 is 19.0 Å². The van der Waals surface area contributed by atoms with Crippen LogP contribution in [0.1, 0.15) is 13.8 Å². The molecular formula is C32H39N7O4. The number of amides is 2. The molecular weight excluding hydrogens is 546 g/mol. The van der Waals surface area contributed by atoms with E-state index in [1.54, 1.807) is 37.6 Å². The molecule has 0 spiro atoms. The zero-order valence-corrected chi connectivity index (χ0v) is 25.2. The smallest absolute Gasteiger partial charge is 0.323 e. The number of fused-ring (bicyclic) bond motifs is 1. The van der Waals surface area contributed by atoms with Gasteiger partial charge in [0, 0.05) is 67.5 Å². The van der Waals surface area contributed by atoms with E-state index in [0.717, 1.165) is 65.6 Å². The average Bonchev–Trinajstić information content (AvgIpc) is 3.06. The fraction of sp³-hybridized carbons (Fsp3) is 0.375. The second-order valence-electron chi connectivity index (χ2n) is 10.1. The second kappa shape index (κ2) is 14.1. The first-order valence-corrected chi connectivity index (χ1v) is 14.6. The molecule has 3 heterocycles. The fourth-order valence-electron chi connectivity index (χ4n) is 5.02. The van der Waals surface area contributed by atoms with Crippen LogP contribution in [0, 0.1) is 0 Å². The molecule has 0 saturated carbocycles. The van der Waals surface area contributed by atoms with Crippen molar-refractivity contribution in [1.82, 2.24) is 24.8 Å². The maximum Gasteiger partial charge on any atom is 0.323 e. The van der Waals surface area contributed by atoms with E-state index in [-0.39, 0.29) is 6.03 Å². The van der Waals surface area contributed by atoms with Crippen LogP contribution < -0.4 is 19.7 Å². The molecule has 4 aromatic rings. The van der Waals surface area contributed by atoms with Crippen LogP contribution in [-0.4, -0.2) is 97.5 Å². The lowest BCUT2D eigenvalue weighted by Crippen LogP contribution is -2.43. The normalized spacial score (nSPS) is 13.3. The first kappa shape index (κ1) is 30.0. The van der Waals surface area contributed by atoms with E-state index >= 15 is 0 Å². The van der Waals surface area contributed by atoms with Crippen LogP contribution in [-0.2, 0) is 4.74 Å². The van der Waals surface area contributed by atoms with E-state index in [2.05, 4.69) is 51.1 Å². The third-order valence-electron chi connectivity index (χ3n) is 7.61. The van der Waals surface area contributed by atoms with Crippen molar-refractivity contribution >= 4 is 34.3 Å². The summed E-state index contributed by atoms with van der Waals surface area (Å²) >= 11 is 0. The minimum atomic E-state index is -0.180. The molecule has 2 amide bonds. The predicted octanol–water partition coefficient (Wildman–Crippen LogP) is 5.05. The molecule has 0 atom stereocenters. The lowest BCUT2D eigenvalue weighted by Gasteiger charge is -2.29. The first-order valence-electron chi connectivity index (χ1n) is 14.6. The molecule has 226 valence electrons. The molecule has 43 heavy (non-hydrogen) atoms. The van der Waals surface area contributed by atoms with Crippen molar-refractivity contribution in [3.05, 3.63) is 60.9 Å². The Bertz CT molecular complexity index is 1500. The van der Waals surface area contributed by atoms with E-state index in [0.29, 0.717) is 37.8 Å². The lowest BCUT2D eigenvalue weighted by molar-refractivity contribution is 0.0564. The third kappa shape index (κ3) is 7.30. The van der Waals surface area contributed by atoms with Gasteiger partial charge in [0.2, 0.25) is 0 Å². The van der Waals surface area contributed by atoms with Gasteiger partial charge >= 0.3 is 6.03 Å². The molecule has 0 radical (unpaired) electrons. The Morgan fingerprint density at radius 1 is 0.884 bits per heavy atom. The summed E-state index contributed by atoms with van der Waals surface area (Å²) < 4.78 is 16.5. The Kier molecular flexibility index (Phi) is 9.85. The number of anilines is 3. The Hall–Kier alpha value is -4.48. The number of likely N-dealkylation sites (N-methyl/N-ethyl adjacent to an activating group) is 1. The fourth-order valence-corrected chi connectivity index (χ4v) is 5.02. The Balaban J connectivity index is 1.42. The number of ether oxygens (including phenoxy) is 3. The highest BCUT2D eigenvalue weighted by Crippen LogP contribution is 2.34. The van der Waals surface area contributed by atoms with E-state index in [1.807, 2.05) is 30.3 Å². The summed E-state index contributed by atoms with van der Waals surface area (Å²) in [5.41, 5.74) is 5.01. The molecule has 1 N–H and O–H groups in total. The second-order valence-corrected chi connectivity index (χ2v) is 10.1. The SMILES string of the molecule is CCN(CC)CCN(c1cc(OC)cc(OC)c1)c1ccc2ncc(-c3ccc(NC(=O)N4CCOCC4)nc3)nc2c1. The topological polar surface area (TPSA) is 105 Å². The van der Waals surface area contributed by atoms with Crippen molar-refractivity contribution in [2.75, 3.05) is 76.9 Å². The van der Waals surface area contributed by atoms with Gasteiger partial charge in [-0.1, -0.05) is 13.8 Å². The van der Waals surface area contributed by atoms with Gasteiger partial charge in [-0.2, -0.15) is 0 Å². The first-order chi connectivity index (χ1) is 21.0. The summed E-state index contributed by atoms with van der Waals surface area (Å²) in [6, 6.07) is 15.5. The van der Waals surface area contributed by atoms with Crippen molar-refractivity contribution in [2.24, 2.45) is 0 Å². The molecule has 0 bridgehead atoms. The summed E-state index contributed by atoms with van der Waals surface area (Å²) in [5, 5.41) is 2.86. The number of methoxy groups -OCH3 is 2. The van der Waals surface area contributed by atoms with Gasteiger partial charge in [0.15, 0.2) is 0 Å². The number of carbonyl (C=O) groups excluding carboxylic acids is 1. The monoisotopic (exact) mass is 585 g/mol. The molecule has 1 saturated heterocycles. The minimum Gasteiger partial charge on any atom is -0.497 e. The molecule has 2 aromatic carbocycles. The van der Waals surface area contributed by atoms with E-state index in [4.69, 9.17) is 19.2 Å². The van der Waals surface area contributed by atoms with Crippen LogP contribution in [0.15, 0.2) is 60.9 Å². The third-order valence-corrected chi connectivity index (χ3v) is 7.61. The number of nitrogens with one attached hydrogen (secondary N) is 1. The Morgan fingerprint density at radius 2 is 1.63 bits per heavy atom. The quantitative estimate of drug-likeness (QED) is 0.259. The molecule has 1 aliphatic heterocycles. The molecule has 0 aliphatic carbocycles. The summed E-state index contributed by atoms with van der Waals surface area (Å²) in [6.45, 7) is 10.2. The van der Waals surface area contributed by atoms with Crippen LogP contribution in [0.4, 0.5) is 22.0 Å². The number of aromatic nitrogens is 3. The number of rotatable bonds is 11. The van der Waals surface area contributed by atoms with Crippen LogP contribution >= 0.6 is 0 Å². The van der Waals surface area contributed by atoms with Gasteiger partial charge in [-0.15, -0.1) is 0 Å². The van der Waals surface area contributed by atoms with Gasteiger partial charge in [-0.05, 0) is 43.4 Å². The number of hydrogen-bond acceptors (Lipinski definition) is 9. The molecule has 11 heteroatoms. The number of urea groups is 1. The number of pyridine rings is 1. The van der Waals surface area contributed by atoms with Crippen LogP contribution in [0.25, 0.3) is 22.3 Å². The predicted molar refractivity (Wildman–Crippen MR) is 169 cm³/mol. The van der Waals surface area contributed by atoms with Gasteiger partial charge in [0.05, 0.1) is 50.4 Å². The molecule has 1 fully saturated rings. The van der Waals surface area contributed by atoms with Crippen LogP contribution in [0.3, 0.4) is 0 Å². The van der Waals surface area contributed by atoms with Crippen molar-refractivity contribution in [3.63, 3.8) is 0 Å². The van der Waals surface area contributed by atoms with Crippen LogP contribution in [0.2, 0.25) is 0 Å². The molecule has 1 aliphatic rings. The molecule has 5 rings (SSSR count). The highest BCUT2D eigenvalue weighted by Gasteiger charge is 2.18. The zero-order valence-electron chi connectivity index (χ0n) is 25.2. The van der Waals surface area contributed by atoms with Gasteiger partial charge in [-0.25, -0.2) is 14.8 Å². The van der Waals surface area contributed by atoms with Gasteiger partial charge in [-0.3, -0.25) is 10.3 Å². The number of hydrogen-bond donors (Lipinski definition) is 1. The van der Waals surface area contributed by atoms with E-state index < -0.39 is 0 Å².